The molecule has 1 aliphatic rings. The molecule has 1 aliphatic carbocycles. The molecule has 0 aliphatic heterocycles. The summed E-state index contributed by atoms with van der Waals surface area (Å²) in [6.45, 7) is 6.11. The minimum Gasteiger partial charge on any atom is -0.419 e. The maximum atomic E-state index is 9.87. The van der Waals surface area contributed by atoms with Gasteiger partial charge in [0.15, 0.2) is 0 Å². The summed E-state index contributed by atoms with van der Waals surface area (Å²) in [7, 11) is 0. The molecule has 1 rings (SSSR count). The maximum absolute atomic E-state index is 9.87. The van der Waals surface area contributed by atoms with Gasteiger partial charge in [-0.3, -0.25) is 0 Å². The summed E-state index contributed by atoms with van der Waals surface area (Å²) < 4.78 is 0. The Morgan fingerprint density at radius 3 is 2.65 bits per heavy atom. The van der Waals surface area contributed by atoms with Crippen LogP contribution in [0.1, 0.15) is 27.2 Å². The van der Waals surface area contributed by atoms with Crippen molar-refractivity contribution in [2.45, 2.75) is 27.2 Å². The standard InChI is InChI=1S/C13H13O.C2H6.W/c1-12-6-5-8-13(10-9-12)7-3-2-4-11-14;1-2;/h2-8,10H,9H2,1H3;1-2H3;/q-1;;/b4-2+,7-3+;;. The molecule has 92 valence electrons. The van der Waals surface area contributed by atoms with Crippen LogP contribution in [0.2, 0.25) is 0 Å². The van der Waals surface area contributed by atoms with Crippen molar-refractivity contribution in [1.82, 2.24) is 0 Å². The van der Waals surface area contributed by atoms with E-state index in [1.165, 1.54) is 11.6 Å². The molecule has 0 aromatic carbocycles. The summed E-state index contributed by atoms with van der Waals surface area (Å²) in [5.74, 6) is 0. The Hall–Kier alpha value is -0.942. The molecule has 0 aromatic rings. The van der Waals surface area contributed by atoms with E-state index in [9.17, 15) is 4.79 Å². The smallest absolute Gasteiger partial charge is 0 e. The summed E-state index contributed by atoms with van der Waals surface area (Å²) in [6.07, 6.45) is 17.8. The van der Waals surface area contributed by atoms with Crippen LogP contribution in [0.5, 0.6) is 0 Å². The maximum Gasteiger partial charge on any atom is 0 e. The van der Waals surface area contributed by atoms with Gasteiger partial charge in [-0.1, -0.05) is 49.8 Å². The van der Waals surface area contributed by atoms with Gasteiger partial charge in [0, 0.05) is 21.1 Å². The number of hydrogen-bond acceptors (Lipinski definition) is 1. The molecule has 1 nitrogen and oxygen atoms in total. The minimum atomic E-state index is 0. The van der Waals surface area contributed by atoms with Gasteiger partial charge in [0.25, 0.3) is 0 Å². The summed E-state index contributed by atoms with van der Waals surface area (Å²) in [5.41, 5.74) is 2.51. The third-order valence-corrected chi connectivity index (χ3v) is 1.89. The number of hydrogen-bond donors (Lipinski definition) is 0. The van der Waals surface area contributed by atoms with Crippen molar-refractivity contribution >= 4 is 6.29 Å². The molecule has 0 amide bonds. The topological polar surface area (TPSA) is 17.1 Å². The first-order valence-electron chi connectivity index (χ1n) is 5.58. The Kier molecular flexibility index (Phi) is 14.2. The van der Waals surface area contributed by atoms with Crippen molar-refractivity contribution in [3.63, 3.8) is 0 Å². The van der Waals surface area contributed by atoms with Gasteiger partial charge in [0.1, 0.15) is 0 Å². The van der Waals surface area contributed by atoms with Gasteiger partial charge in [-0.15, -0.1) is 6.08 Å². The van der Waals surface area contributed by atoms with Gasteiger partial charge in [-0.2, -0.15) is 6.08 Å². The summed E-state index contributed by atoms with van der Waals surface area (Å²) in [5, 5.41) is 0. The third-order valence-electron chi connectivity index (χ3n) is 1.89. The van der Waals surface area contributed by atoms with Crippen molar-refractivity contribution in [1.29, 1.82) is 0 Å². The van der Waals surface area contributed by atoms with E-state index in [0.29, 0.717) is 0 Å². The Labute approximate surface area is 119 Å². The second-order valence-corrected chi connectivity index (χ2v) is 3.12. The van der Waals surface area contributed by atoms with Crippen LogP contribution in [0.3, 0.4) is 0 Å². The zero-order chi connectivity index (χ0) is 12.2. The van der Waals surface area contributed by atoms with Crippen LogP contribution in [0, 0.1) is 0 Å². The average molecular weight is 399 g/mol. The first-order chi connectivity index (χ1) is 7.83. The molecule has 0 bridgehead atoms. The van der Waals surface area contributed by atoms with Gasteiger partial charge in [0.05, 0.1) is 0 Å². The molecule has 0 unspecified atom stereocenters. The van der Waals surface area contributed by atoms with Crippen LogP contribution >= 0.6 is 0 Å². The predicted molar refractivity (Wildman–Crippen MR) is 70.9 cm³/mol. The SMILES string of the molecule is CC.CC1=CC=CC(/C=C/C=C/[C-]=O)=CC1.[W]. The van der Waals surface area contributed by atoms with E-state index < -0.39 is 0 Å². The third kappa shape index (κ3) is 9.96. The summed E-state index contributed by atoms with van der Waals surface area (Å²) >= 11 is 0. The largest absolute Gasteiger partial charge is 0.419 e. The first kappa shape index (κ1) is 18.4. The molecule has 0 fully saturated rings. The van der Waals surface area contributed by atoms with E-state index in [1.807, 2.05) is 38.2 Å². The van der Waals surface area contributed by atoms with Gasteiger partial charge in [0.2, 0.25) is 0 Å². The van der Waals surface area contributed by atoms with Crippen molar-refractivity contribution < 1.29 is 25.9 Å². The quantitative estimate of drug-likeness (QED) is 0.398. The molecule has 0 radical (unpaired) electrons. The van der Waals surface area contributed by atoms with Gasteiger partial charge in [-0.05, 0) is 25.2 Å². The Morgan fingerprint density at radius 1 is 1.29 bits per heavy atom. The molecule has 0 N–H and O–H groups in total. The monoisotopic (exact) mass is 399 g/mol. The van der Waals surface area contributed by atoms with Crippen LogP contribution in [0.15, 0.2) is 59.8 Å². The van der Waals surface area contributed by atoms with Crippen LogP contribution in [0.25, 0.3) is 0 Å². The molecule has 0 atom stereocenters. The van der Waals surface area contributed by atoms with Gasteiger partial charge in [-0.25, -0.2) is 6.08 Å². The van der Waals surface area contributed by atoms with Crippen molar-refractivity contribution in [2.75, 3.05) is 0 Å². The summed E-state index contributed by atoms with van der Waals surface area (Å²) in [4.78, 5) is 9.87. The Balaban J connectivity index is 0. The number of carbonyl (C=O) groups excluding carboxylic acids is 1. The van der Waals surface area contributed by atoms with E-state index in [4.69, 9.17) is 0 Å². The van der Waals surface area contributed by atoms with E-state index in [0.717, 1.165) is 12.0 Å². The molecular weight excluding hydrogens is 380 g/mol. The van der Waals surface area contributed by atoms with Gasteiger partial charge < -0.3 is 4.79 Å². The van der Waals surface area contributed by atoms with Gasteiger partial charge >= 0.3 is 0 Å². The van der Waals surface area contributed by atoms with Crippen molar-refractivity contribution in [3.05, 3.63) is 59.8 Å². The Bertz CT molecular complexity index is 344. The normalized spacial score (nSPS) is 14.3. The van der Waals surface area contributed by atoms with Crippen molar-refractivity contribution in [2.24, 2.45) is 0 Å². The van der Waals surface area contributed by atoms with E-state index in [-0.39, 0.29) is 21.1 Å². The average Bonchev–Trinajstić information content (AvgIpc) is 2.53. The minimum absolute atomic E-state index is 0. The molecular formula is C15H19OW-. The molecule has 0 saturated heterocycles. The molecule has 0 heterocycles. The molecule has 0 aromatic heterocycles. The molecule has 0 spiro atoms. The van der Waals surface area contributed by atoms with E-state index >= 15 is 0 Å². The zero-order valence-corrected chi connectivity index (χ0v) is 13.6. The molecule has 17 heavy (non-hydrogen) atoms. The number of allylic oxidation sites excluding steroid dienone is 10. The fourth-order valence-electron chi connectivity index (χ4n) is 1.12. The predicted octanol–water partition coefficient (Wildman–Crippen LogP) is 4.06. The Morgan fingerprint density at radius 2 is 2.00 bits per heavy atom. The zero-order valence-electron chi connectivity index (χ0n) is 10.6. The van der Waals surface area contributed by atoms with E-state index in [1.54, 1.807) is 12.4 Å². The van der Waals surface area contributed by atoms with Crippen LogP contribution < -0.4 is 0 Å². The molecule has 2 heteroatoms. The van der Waals surface area contributed by atoms with E-state index in [2.05, 4.69) is 19.1 Å². The number of rotatable bonds is 3. The molecule has 0 saturated carbocycles. The fraction of sp³-hybridized carbons (Fsp3) is 0.267. The second-order valence-electron chi connectivity index (χ2n) is 3.12. The first-order valence-corrected chi connectivity index (χ1v) is 5.58. The summed E-state index contributed by atoms with van der Waals surface area (Å²) in [6, 6.07) is 0. The second kappa shape index (κ2) is 13.1. The van der Waals surface area contributed by atoms with Crippen molar-refractivity contribution in [3.8, 4) is 0 Å². The van der Waals surface area contributed by atoms with Crippen LogP contribution in [0.4, 0.5) is 0 Å². The van der Waals surface area contributed by atoms with Crippen LogP contribution in [-0.2, 0) is 25.9 Å². The van der Waals surface area contributed by atoms with Crippen LogP contribution in [-0.4, -0.2) is 6.29 Å². The fourth-order valence-corrected chi connectivity index (χ4v) is 1.12.